The number of carbonyl (C=O) groups excluding carboxylic acids is 3. The lowest BCUT2D eigenvalue weighted by Crippen LogP contribution is -2.47. The van der Waals surface area contributed by atoms with Crippen molar-refractivity contribution in [1.82, 2.24) is 4.90 Å². The average Bonchev–Trinajstić information content (AvgIpc) is 2.78. The minimum atomic E-state index is -0.506. The Morgan fingerprint density at radius 1 is 1.00 bits per heavy atom. The first-order valence-corrected chi connectivity index (χ1v) is 10.0. The molecule has 1 unspecified atom stereocenters. The van der Waals surface area contributed by atoms with Gasteiger partial charge in [-0.05, 0) is 81.4 Å². The molecule has 0 aromatic heterocycles. The van der Waals surface area contributed by atoms with E-state index in [1.165, 1.54) is 0 Å². The molecule has 0 spiro atoms. The van der Waals surface area contributed by atoms with Gasteiger partial charge in [-0.25, -0.2) is 0 Å². The number of nitrogens with one attached hydrogen (secondary N) is 1. The van der Waals surface area contributed by atoms with E-state index in [0.717, 1.165) is 18.6 Å². The average molecular weight is 409 g/mol. The maximum absolute atomic E-state index is 12.8. The largest absolute Gasteiger partial charge is 0.497 e. The van der Waals surface area contributed by atoms with Crippen LogP contribution in [0.2, 0.25) is 0 Å². The van der Waals surface area contributed by atoms with Gasteiger partial charge in [-0.2, -0.15) is 0 Å². The predicted molar refractivity (Wildman–Crippen MR) is 115 cm³/mol. The number of nitrogens with zero attached hydrogens (tertiary/aromatic N) is 1. The van der Waals surface area contributed by atoms with Crippen molar-refractivity contribution >= 4 is 23.3 Å². The molecule has 2 aromatic carbocycles. The molecule has 1 fully saturated rings. The number of nitrogens with two attached hydrogens (primary N) is 1. The highest BCUT2D eigenvalue weighted by atomic mass is 16.5. The van der Waals surface area contributed by atoms with Gasteiger partial charge in [0.25, 0.3) is 0 Å². The van der Waals surface area contributed by atoms with Gasteiger partial charge >= 0.3 is 0 Å². The predicted octanol–water partition coefficient (Wildman–Crippen LogP) is 2.72. The highest BCUT2D eigenvalue weighted by Crippen LogP contribution is 2.24. The van der Waals surface area contributed by atoms with Gasteiger partial charge in [-0.15, -0.1) is 0 Å². The number of piperidine rings is 1. The summed E-state index contributed by atoms with van der Waals surface area (Å²) in [6, 6.07) is 13.3. The van der Waals surface area contributed by atoms with Crippen LogP contribution in [0, 0.1) is 5.92 Å². The van der Waals surface area contributed by atoms with Crippen LogP contribution in [0.3, 0.4) is 0 Å². The molecule has 1 aliphatic rings. The highest BCUT2D eigenvalue weighted by molar-refractivity contribution is 5.98. The van der Waals surface area contributed by atoms with Crippen LogP contribution < -0.4 is 15.8 Å². The Labute approximate surface area is 176 Å². The third-order valence-electron chi connectivity index (χ3n) is 5.64. The molecule has 7 nitrogen and oxygen atoms in total. The summed E-state index contributed by atoms with van der Waals surface area (Å²) in [5.74, 6) is 0.204. The third-order valence-corrected chi connectivity index (χ3v) is 5.64. The summed E-state index contributed by atoms with van der Waals surface area (Å²) in [6.07, 6.45) is 1.44. The topological polar surface area (TPSA) is 102 Å². The number of hydrogen-bond donors (Lipinski definition) is 2. The van der Waals surface area contributed by atoms with Crippen LogP contribution in [0.15, 0.2) is 48.5 Å². The molecule has 0 aliphatic carbocycles. The van der Waals surface area contributed by atoms with Gasteiger partial charge in [0.1, 0.15) is 5.75 Å². The van der Waals surface area contributed by atoms with Crippen LogP contribution >= 0.6 is 0 Å². The Hall–Kier alpha value is -3.19. The maximum atomic E-state index is 12.8. The van der Waals surface area contributed by atoms with Crippen LogP contribution in [-0.2, 0) is 4.79 Å². The lowest BCUT2D eigenvalue weighted by Gasteiger charge is -2.34. The molecular formula is C23H27N3O4. The van der Waals surface area contributed by atoms with Crippen molar-refractivity contribution in [2.75, 3.05) is 25.5 Å². The SMILES string of the molecule is COc1ccc(C(=O)C2CCN(C(C)C(=O)Nc3ccc(C(N)=O)cc3)CC2)cc1. The summed E-state index contributed by atoms with van der Waals surface area (Å²) in [5, 5.41) is 2.86. The summed E-state index contributed by atoms with van der Waals surface area (Å²) in [7, 11) is 1.60. The van der Waals surface area contributed by atoms with E-state index in [1.54, 1.807) is 55.6 Å². The van der Waals surface area contributed by atoms with E-state index in [0.29, 0.717) is 29.9 Å². The van der Waals surface area contributed by atoms with Gasteiger partial charge in [0, 0.05) is 22.7 Å². The monoisotopic (exact) mass is 409 g/mol. The van der Waals surface area contributed by atoms with Crippen molar-refractivity contribution < 1.29 is 19.1 Å². The van der Waals surface area contributed by atoms with E-state index >= 15 is 0 Å². The zero-order valence-corrected chi connectivity index (χ0v) is 17.3. The van der Waals surface area contributed by atoms with Gasteiger partial charge in [-0.1, -0.05) is 0 Å². The Kier molecular flexibility index (Phi) is 6.84. The zero-order chi connectivity index (χ0) is 21.7. The standard InChI is InChI=1S/C23H27N3O4/c1-15(23(29)25-19-7-3-18(4-8-19)22(24)28)26-13-11-17(12-14-26)21(27)16-5-9-20(30-2)10-6-16/h3-10,15,17H,11-14H2,1-2H3,(H2,24,28)(H,25,29). The van der Waals surface area contributed by atoms with Crippen molar-refractivity contribution in [3.05, 3.63) is 59.7 Å². The molecule has 3 rings (SSSR count). The molecule has 1 aliphatic heterocycles. The zero-order valence-electron chi connectivity index (χ0n) is 17.3. The van der Waals surface area contributed by atoms with E-state index in [-0.39, 0.29) is 23.7 Å². The number of amides is 2. The van der Waals surface area contributed by atoms with Crippen molar-refractivity contribution in [2.45, 2.75) is 25.8 Å². The fourth-order valence-corrected chi connectivity index (χ4v) is 3.67. The van der Waals surface area contributed by atoms with Crippen LogP contribution in [-0.4, -0.2) is 48.7 Å². The van der Waals surface area contributed by atoms with Crippen LogP contribution in [0.5, 0.6) is 5.75 Å². The van der Waals surface area contributed by atoms with Gasteiger partial charge in [0.05, 0.1) is 13.2 Å². The summed E-state index contributed by atoms with van der Waals surface area (Å²) < 4.78 is 5.14. The van der Waals surface area contributed by atoms with E-state index in [2.05, 4.69) is 10.2 Å². The van der Waals surface area contributed by atoms with Crippen molar-refractivity contribution in [3.63, 3.8) is 0 Å². The number of carbonyl (C=O) groups is 3. The Morgan fingerprint density at radius 3 is 2.10 bits per heavy atom. The first kappa shape index (κ1) is 21.5. The number of benzene rings is 2. The lowest BCUT2D eigenvalue weighted by atomic mass is 9.88. The van der Waals surface area contributed by atoms with E-state index in [9.17, 15) is 14.4 Å². The summed E-state index contributed by atoms with van der Waals surface area (Å²) in [6.45, 7) is 3.22. The molecule has 1 heterocycles. The number of hydrogen-bond acceptors (Lipinski definition) is 5. The number of anilines is 1. The minimum absolute atomic E-state index is 0.0359. The Balaban J connectivity index is 1.52. The second-order valence-corrected chi connectivity index (χ2v) is 7.51. The fraction of sp³-hybridized carbons (Fsp3) is 0.348. The van der Waals surface area contributed by atoms with E-state index in [4.69, 9.17) is 10.5 Å². The number of methoxy groups -OCH3 is 1. The van der Waals surface area contributed by atoms with Gasteiger partial charge in [-0.3, -0.25) is 19.3 Å². The number of ether oxygens (including phenoxy) is 1. The molecule has 158 valence electrons. The molecule has 0 bridgehead atoms. The second-order valence-electron chi connectivity index (χ2n) is 7.51. The quantitative estimate of drug-likeness (QED) is 0.685. The molecule has 0 radical (unpaired) electrons. The number of likely N-dealkylation sites (tertiary alicyclic amines) is 1. The van der Waals surface area contributed by atoms with Crippen LogP contribution in [0.4, 0.5) is 5.69 Å². The lowest BCUT2D eigenvalue weighted by molar-refractivity contribution is -0.121. The van der Waals surface area contributed by atoms with Gasteiger partial charge in [0.15, 0.2) is 5.78 Å². The van der Waals surface area contributed by atoms with Crippen LogP contribution in [0.1, 0.15) is 40.5 Å². The van der Waals surface area contributed by atoms with Crippen molar-refractivity contribution in [3.8, 4) is 5.75 Å². The highest BCUT2D eigenvalue weighted by Gasteiger charge is 2.30. The smallest absolute Gasteiger partial charge is 0.248 e. The van der Waals surface area contributed by atoms with E-state index in [1.807, 2.05) is 6.92 Å². The molecular weight excluding hydrogens is 382 g/mol. The number of rotatable bonds is 7. The molecule has 30 heavy (non-hydrogen) atoms. The van der Waals surface area contributed by atoms with Crippen molar-refractivity contribution in [1.29, 1.82) is 0 Å². The van der Waals surface area contributed by atoms with Gasteiger partial charge < -0.3 is 15.8 Å². The third kappa shape index (κ3) is 5.04. The first-order chi connectivity index (χ1) is 14.4. The van der Waals surface area contributed by atoms with Gasteiger partial charge in [0.2, 0.25) is 11.8 Å². The van der Waals surface area contributed by atoms with Crippen LogP contribution in [0.25, 0.3) is 0 Å². The number of ketones is 1. The molecule has 0 saturated carbocycles. The maximum Gasteiger partial charge on any atom is 0.248 e. The molecule has 1 atom stereocenters. The number of primary amides is 1. The molecule has 7 heteroatoms. The summed E-state index contributed by atoms with van der Waals surface area (Å²) >= 11 is 0. The fourth-order valence-electron chi connectivity index (χ4n) is 3.67. The molecule has 3 N–H and O–H groups in total. The second kappa shape index (κ2) is 9.54. The molecule has 2 amide bonds. The first-order valence-electron chi connectivity index (χ1n) is 10.0. The summed E-state index contributed by atoms with van der Waals surface area (Å²) in [5.41, 5.74) is 6.93. The summed E-state index contributed by atoms with van der Waals surface area (Å²) in [4.78, 5) is 38.6. The number of Topliss-reactive ketones (excluding diaryl/α,β-unsaturated/α-hetero) is 1. The molecule has 2 aromatic rings. The van der Waals surface area contributed by atoms with Crippen molar-refractivity contribution in [2.24, 2.45) is 11.7 Å². The Bertz CT molecular complexity index is 901. The van der Waals surface area contributed by atoms with E-state index < -0.39 is 5.91 Å². The normalized spacial score (nSPS) is 15.9. The Morgan fingerprint density at radius 2 is 1.57 bits per heavy atom. The molecule has 1 saturated heterocycles. The minimum Gasteiger partial charge on any atom is -0.497 e.